The number of carbonyl (C=O) groups excluding carboxylic acids is 1. The summed E-state index contributed by atoms with van der Waals surface area (Å²) >= 11 is 1.38. The van der Waals surface area contributed by atoms with E-state index in [9.17, 15) is 4.79 Å². The standard InChI is InChI=1S/C14H21N5OS/c1-9-2-5-18(6-3-9)13(20)11-12(16)17-14(21-11)19-7-4-10(15)8-19/h2,10H,3-8,15-16H2,1H3. The molecule has 1 amide bonds. The van der Waals surface area contributed by atoms with Gasteiger partial charge in [0.15, 0.2) is 5.13 Å². The van der Waals surface area contributed by atoms with Crippen LogP contribution in [0.1, 0.15) is 29.4 Å². The molecule has 1 unspecified atom stereocenters. The molecule has 0 aliphatic carbocycles. The van der Waals surface area contributed by atoms with Crippen molar-refractivity contribution in [2.45, 2.75) is 25.8 Å². The third kappa shape index (κ3) is 2.89. The molecular formula is C14H21N5OS. The minimum atomic E-state index is -0.0107. The predicted octanol–water partition coefficient (Wildman–Crippen LogP) is 1.05. The Morgan fingerprint density at radius 1 is 1.48 bits per heavy atom. The fourth-order valence-electron chi connectivity index (χ4n) is 2.67. The van der Waals surface area contributed by atoms with E-state index in [-0.39, 0.29) is 11.9 Å². The Morgan fingerprint density at radius 3 is 2.90 bits per heavy atom. The summed E-state index contributed by atoms with van der Waals surface area (Å²) in [6.07, 6.45) is 3.98. The third-order valence-electron chi connectivity index (χ3n) is 4.05. The van der Waals surface area contributed by atoms with Gasteiger partial charge in [0.25, 0.3) is 5.91 Å². The van der Waals surface area contributed by atoms with E-state index in [1.54, 1.807) is 0 Å². The second kappa shape index (κ2) is 5.65. The van der Waals surface area contributed by atoms with Gasteiger partial charge in [-0.1, -0.05) is 23.0 Å². The van der Waals surface area contributed by atoms with E-state index in [1.807, 2.05) is 4.90 Å². The van der Waals surface area contributed by atoms with Gasteiger partial charge in [-0.05, 0) is 19.8 Å². The van der Waals surface area contributed by atoms with Crippen LogP contribution in [0.4, 0.5) is 10.9 Å². The monoisotopic (exact) mass is 307 g/mol. The second-order valence-electron chi connectivity index (χ2n) is 5.76. The zero-order valence-corrected chi connectivity index (χ0v) is 13.0. The number of thiazole rings is 1. The number of nitrogens with zero attached hydrogens (tertiary/aromatic N) is 3. The highest BCUT2D eigenvalue weighted by molar-refractivity contribution is 7.18. The first kappa shape index (κ1) is 14.3. The molecule has 6 nitrogen and oxygen atoms in total. The number of aromatic nitrogens is 1. The zero-order chi connectivity index (χ0) is 15.0. The molecule has 1 fully saturated rings. The van der Waals surface area contributed by atoms with Crippen molar-refractivity contribution in [1.29, 1.82) is 0 Å². The van der Waals surface area contributed by atoms with Gasteiger partial charge in [-0.15, -0.1) is 0 Å². The van der Waals surface area contributed by atoms with Crippen LogP contribution in [0.3, 0.4) is 0 Å². The highest BCUT2D eigenvalue weighted by atomic mass is 32.1. The molecule has 3 rings (SSSR count). The molecule has 1 aromatic heterocycles. The molecule has 2 aliphatic rings. The van der Waals surface area contributed by atoms with E-state index in [1.165, 1.54) is 16.9 Å². The van der Waals surface area contributed by atoms with Gasteiger partial charge in [-0.25, -0.2) is 4.98 Å². The molecule has 114 valence electrons. The third-order valence-corrected chi connectivity index (χ3v) is 5.17. The van der Waals surface area contributed by atoms with E-state index in [0.29, 0.717) is 17.2 Å². The van der Waals surface area contributed by atoms with E-state index in [0.717, 1.165) is 37.6 Å². The average Bonchev–Trinajstić information content (AvgIpc) is 3.05. The van der Waals surface area contributed by atoms with Crippen LogP contribution >= 0.6 is 11.3 Å². The lowest BCUT2D eigenvalue weighted by Crippen LogP contribution is -2.34. The van der Waals surface area contributed by atoms with Gasteiger partial charge in [0.1, 0.15) is 10.7 Å². The van der Waals surface area contributed by atoms with Crippen molar-refractivity contribution < 1.29 is 4.79 Å². The molecule has 3 heterocycles. The summed E-state index contributed by atoms with van der Waals surface area (Å²) in [5, 5.41) is 0.813. The van der Waals surface area contributed by atoms with Crippen LogP contribution in [0, 0.1) is 0 Å². The van der Waals surface area contributed by atoms with Gasteiger partial charge in [-0.3, -0.25) is 4.79 Å². The lowest BCUT2D eigenvalue weighted by atomic mass is 10.1. The van der Waals surface area contributed by atoms with Gasteiger partial charge in [0, 0.05) is 32.2 Å². The van der Waals surface area contributed by atoms with Gasteiger partial charge in [0.2, 0.25) is 0 Å². The molecular weight excluding hydrogens is 286 g/mol. The molecule has 0 bridgehead atoms. The smallest absolute Gasteiger partial charge is 0.268 e. The van der Waals surface area contributed by atoms with Crippen LogP contribution in [-0.4, -0.2) is 48.0 Å². The number of hydrogen-bond donors (Lipinski definition) is 2. The van der Waals surface area contributed by atoms with Crippen molar-refractivity contribution >= 4 is 28.2 Å². The molecule has 7 heteroatoms. The maximum Gasteiger partial charge on any atom is 0.268 e. The van der Waals surface area contributed by atoms with E-state index in [2.05, 4.69) is 22.9 Å². The van der Waals surface area contributed by atoms with Crippen molar-refractivity contribution in [3.05, 3.63) is 16.5 Å². The number of nitrogen functional groups attached to an aromatic ring is 1. The Morgan fingerprint density at radius 2 is 2.29 bits per heavy atom. The minimum Gasteiger partial charge on any atom is -0.382 e. The summed E-state index contributed by atoms with van der Waals surface area (Å²) in [5.74, 6) is 0.329. The Hall–Kier alpha value is -1.60. The molecule has 0 spiro atoms. The first-order chi connectivity index (χ1) is 10.0. The molecule has 1 aromatic rings. The van der Waals surface area contributed by atoms with Crippen LogP contribution in [0.2, 0.25) is 0 Å². The average molecular weight is 307 g/mol. The predicted molar refractivity (Wildman–Crippen MR) is 85.6 cm³/mol. The zero-order valence-electron chi connectivity index (χ0n) is 12.2. The molecule has 2 aliphatic heterocycles. The Kier molecular flexibility index (Phi) is 3.86. The number of nitrogens with two attached hydrogens (primary N) is 2. The minimum absolute atomic E-state index is 0.0107. The van der Waals surface area contributed by atoms with Gasteiger partial charge < -0.3 is 21.3 Å². The number of anilines is 2. The van der Waals surface area contributed by atoms with Crippen LogP contribution in [0.5, 0.6) is 0 Å². The van der Waals surface area contributed by atoms with E-state index in [4.69, 9.17) is 11.5 Å². The van der Waals surface area contributed by atoms with Crippen molar-refractivity contribution in [3.63, 3.8) is 0 Å². The highest BCUT2D eigenvalue weighted by Gasteiger charge is 2.27. The number of carbonyl (C=O) groups is 1. The maximum atomic E-state index is 12.6. The lowest BCUT2D eigenvalue weighted by Gasteiger charge is -2.24. The topological polar surface area (TPSA) is 88.5 Å². The molecule has 4 N–H and O–H groups in total. The summed E-state index contributed by atoms with van der Waals surface area (Å²) in [7, 11) is 0. The molecule has 21 heavy (non-hydrogen) atoms. The summed E-state index contributed by atoms with van der Waals surface area (Å²) in [6, 6.07) is 0.185. The normalized spacial score (nSPS) is 22.6. The van der Waals surface area contributed by atoms with Crippen LogP contribution in [0.25, 0.3) is 0 Å². The lowest BCUT2D eigenvalue weighted by molar-refractivity contribution is 0.0774. The van der Waals surface area contributed by atoms with Gasteiger partial charge in [0.05, 0.1) is 0 Å². The van der Waals surface area contributed by atoms with Crippen LogP contribution in [0.15, 0.2) is 11.6 Å². The van der Waals surface area contributed by atoms with E-state index >= 15 is 0 Å². The highest BCUT2D eigenvalue weighted by Crippen LogP contribution is 2.31. The first-order valence-electron chi connectivity index (χ1n) is 7.26. The van der Waals surface area contributed by atoms with Crippen LogP contribution < -0.4 is 16.4 Å². The Balaban J connectivity index is 1.76. The molecule has 0 saturated carbocycles. The van der Waals surface area contributed by atoms with Crippen molar-refractivity contribution in [2.24, 2.45) is 5.73 Å². The maximum absolute atomic E-state index is 12.6. The quantitative estimate of drug-likeness (QED) is 0.798. The summed E-state index contributed by atoms with van der Waals surface area (Å²) in [5.41, 5.74) is 13.2. The van der Waals surface area contributed by atoms with Crippen molar-refractivity contribution in [3.8, 4) is 0 Å². The summed E-state index contributed by atoms with van der Waals surface area (Å²) in [4.78, 5) is 21.4. The van der Waals surface area contributed by atoms with E-state index < -0.39 is 0 Å². The summed E-state index contributed by atoms with van der Waals surface area (Å²) < 4.78 is 0. The number of rotatable bonds is 2. The van der Waals surface area contributed by atoms with Crippen LogP contribution in [-0.2, 0) is 0 Å². The van der Waals surface area contributed by atoms with Gasteiger partial charge in [-0.2, -0.15) is 0 Å². The fourth-order valence-corrected chi connectivity index (χ4v) is 3.66. The van der Waals surface area contributed by atoms with Crippen molar-refractivity contribution in [2.75, 3.05) is 36.8 Å². The fraction of sp³-hybridized carbons (Fsp3) is 0.571. The van der Waals surface area contributed by atoms with Crippen molar-refractivity contribution in [1.82, 2.24) is 9.88 Å². The number of hydrogen-bond acceptors (Lipinski definition) is 6. The SMILES string of the molecule is CC1=CCN(C(=O)c2sc(N3CCC(N)C3)nc2N)CC1. The molecule has 1 atom stereocenters. The molecule has 0 aromatic carbocycles. The largest absolute Gasteiger partial charge is 0.382 e. The Bertz CT molecular complexity index is 582. The second-order valence-corrected chi connectivity index (χ2v) is 6.73. The summed E-state index contributed by atoms with van der Waals surface area (Å²) in [6.45, 7) is 5.17. The number of amides is 1. The van der Waals surface area contributed by atoms with Gasteiger partial charge >= 0.3 is 0 Å². The Labute approximate surface area is 128 Å². The first-order valence-corrected chi connectivity index (χ1v) is 8.08. The molecule has 1 saturated heterocycles. The molecule has 0 radical (unpaired) electrons.